The number of benzene rings is 2. The molecule has 9 nitrogen and oxygen atoms in total. The van der Waals surface area contributed by atoms with E-state index in [1.54, 1.807) is 6.07 Å². The van der Waals surface area contributed by atoms with E-state index in [0.717, 1.165) is 68.6 Å². The number of amides is 3. The van der Waals surface area contributed by atoms with E-state index in [9.17, 15) is 14.4 Å². The Morgan fingerprint density at radius 3 is 2.51 bits per heavy atom. The zero-order valence-corrected chi connectivity index (χ0v) is 23.7. The second-order valence-corrected chi connectivity index (χ2v) is 11.2. The van der Waals surface area contributed by atoms with E-state index in [-0.39, 0.29) is 17.6 Å². The Morgan fingerprint density at radius 1 is 1.00 bits per heavy atom. The highest BCUT2D eigenvalue weighted by atomic mass is 16.5. The van der Waals surface area contributed by atoms with Crippen LogP contribution in [0.2, 0.25) is 0 Å². The van der Waals surface area contributed by atoms with Gasteiger partial charge in [-0.1, -0.05) is 54.8 Å². The lowest BCUT2D eigenvalue weighted by atomic mass is 9.94. The first-order chi connectivity index (χ1) is 19.9. The second-order valence-electron chi connectivity index (χ2n) is 11.2. The average molecular weight is 561 g/mol. The van der Waals surface area contributed by atoms with Crippen LogP contribution >= 0.6 is 0 Å². The van der Waals surface area contributed by atoms with Gasteiger partial charge in [-0.3, -0.25) is 19.3 Å². The van der Waals surface area contributed by atoms with Gasteiger partial charge >= 0.3 is 0 Å². The predicted octanol–water partition coefficient (Wildman–Crippen LogP) is 3.35. The Hall–Kier alpha value is -3.69. The summed E-state index contributed by atoms with van der Waals surface area (Å²) < 4.78 is 11.2. The van der Waals surface area contributed by atoms with Crippen molar-refractivity contribution in [2.45, 2.75) is 57.0 Å². The van der Waals surface area contributed by atoms with Crippen LogP contribution in [0.15, 0.2) is 59.0 Å². The standard InChI is InChI=1S/C32H40N4O5/c1-23-10-11-27-25(20-23)22-28(41-27)30(38)35-32(12-5-6-13-32)31(39)34-26(21-24-8-3-2-4-9-24)29(37)33-14-7-15-36-16-18-40-19-17-36/h2-4,8-11,20,22,26H,5-7,12-19,21H2,1H3,(H,33,37)(H,34,39)(H,35,38)/t26-/m1/s1. The number of ether oxygens (including phenoxy) is 1. The first kappa shape index (κ1) is 28.8. The summed E-state index contributed by atoms with van der Waals surface area (Å²) in [5, 5.41) is 9.86. The lowest BCUT2D eigenvalue weighted by Crippen LogP contribution is -2.61. The van der Waals surface area contributed by atoms with Gasteiger partial charge in [0.2, 0.25) is 11.8 Å². The molecule has 0 bridgehead atoms. The van der Waals surface area contributed by atoms with Crippen LogP contribution in [-0.4, -0.2) is 73.6 Å². The number of nitrogens with one attached hydrogen (secondary N) is 3. The van der Waals surface area contributed by atoms with Crippen LogP contribution in [0.1, 0.15) is 53.8 Å². The fourth-order valence-electron chi connectivity index (χ4n) is 5.76. The SMILES string of the molecule is Cc1ccc2oc(C(=O)NC3(C(=O)N[C@H](Cc4ccccc4)C(=O)NCCCN4CCOCC4)CCCC3)cc2c1. The molecular weight excluding hydrogens is 520 g/mol. The van der Waals surface area contributed by atoms with Gasteiger partial charge in [0.15, 0.2) is 5.76 Å². The van der Waals surface area contributed by atoms with Gasteiger partial charge in [0.25, 0.3) is 5.91 Å². The van der Waals surface area contributed by atoms with E-state index in [4.69, 9.17) is 9.15 Å². The Labute approximate surface area is 241 Å². The molecule has 1 aliphatic carbocycles. The normalized spacial score (nSPS) is 17.7. The third-order valence-corrected chi connectivity index (χ3v) is 8.10. The molecule has 1 saturated heterocycles. The zero-order chi connectivity index (χ0) is 28.7. The molecule has 2 aliphatic rings. The maximum Gasteiger partial charge on any atom is 0.287 e. The lowest BCUT2D eigenvalue weighted by molar-refractivity contribution is -0.132. The molecule has 0 spiro atoms. The molecule has 0 unspecified atom stereocenters. The quantitative estimate of drug-likeness (QED) is 0.310. The van der Waals surface area contributed by atoms with Crippen molar-refractivity contribution in [1.82, 2.24) is 20.9 Å². The number of hydrogen-bond donors (Lipinski definition) is 3. The summed E-state index contributed by atoms with van der Waals surface area (Å²) in [4.78, 5) is 42.8. The molecule has 2 heterocycles. The smallest absolute Gasteiger partial charge is 0.287 e. The fourth-order valence-corrected chi connectivity index (χ4v) is 5.76. The van der Waals surface area contributed by atoms with Gasteiger partial charge in [0, 0.05) is 31.4 Å². The maximum atomic E-state index is 13.8. The van der Waals surface area contributed by atoms with E-state index in [1.807, 2.05) is 55.5 Å². The molecule has 1 aromatic heterocycles. The molecule has 218 valence electrons. The highest BCUT2D eigenvalue weighted by molar-refractivity contribution is 6.01. The van der Waals surface area contributed by atoms with Crippen LogP contribution < -0.4 is 16.0 Å². The fraction of sp³-hybridized carbons (Fsp3) is 0.469. The Kier molecular flexibility index (Phi) is 9.36. The van der Waals surface area contributed by atoms with Crippen molar-refractivity contribution in [1.29, 1.82) is 0 Å². The highest BCUT2D eigenvalue weighted by Crippen LogP contribution is 2.31. The molecule has 1 atom stereocenters. The molecule has 1 aliphatic heterocycles. The minimum Gasteiger partial charge on any atom is -0.451 e. The lowest BCUT2D eigenvalue weighted by Gasteiger charge is -2.31. The van der Waals surface area contributed by atoms with Crippen LogP contribution in [0.4, 0.5) is 0 Å². The summed E-state index contributed by atoms with van der Waals surface area (Å²) in [6, 6.07) is 16.3. The predicted molar refractivity (Wildman–Crippen MR) is 157 cm³/mol. The number of carbonyl (C=O) groups excluding carboxylic acids is 3. The number of hydrogen-bond acceptors (Lipinski definition) is 6. The summed E-state index contributed by atoms with van der Waals surface area (Å²) in [6.45, 7) is 6.68. The van der Waals surface area contributed by atoms with E-state index < -0.39 is 17.5 Å². The molecule has 5 rings (SSSR count). The van der Waals surface area contributed by atoms with Crippen molar-refractivity contribution < 1.29 is 23.5 Å². The molecule has 41 heavy (non-hydrogen) atoms. The number of furan rings is 1. The van der Waals surface area contributed by atoms with E-state index in [2.05, 4.69) is 20.9 Å². The number of fused-ring (bicyclic) bond motifs is 1. The summed E-state index contributed by atoms with van der Waals surface area (Å²) in [6.07, 6.45) is 3.80. The zero-order valence-electron chi connectivity index (χ0n) is 23.7. The number of rotatable bonds is 11. The van der Waals surface area contributed by atoms with Gasteiger partial charge in [-0.15, -0.1) is 0 Å². The van der Waals surface area contributed by atoms with Crippen LogP contribution in [0.25, 0.3) is 11.0 Å². The molecule has 2 fully saturated rings. The van der Waals surface area contributed by atoms with Crippen molar-refractivity contribution in [3.05, 3.63) is 71.5 Å². The van der Waals surface area contributed by atoms with Crippen LogP contribution in [0.3, 0.4) is 0 Å². The summed E-state index contributed by atoms with van der Waals surface area (Å²) in [7, 11) is 0. The van der Waals surface area contributed by atoms with E-state index in [0.29, 0.717) is 31.4 Å². The van der Waals surface area contributed by atoms with Crippen molar-refractivity contribution >= 4 is 28.7 Å². The monoisotopic (exact) mass is 560 g/mol. The molecule has 9 heteroatoms. The van der Waals surface area contributed by atoms with Crippen LogP contribution in [0, 0.1) is 6.92 Å². The summed E-state index contributed by atoms with van der Waals surface area (Å²) >= 11 is 0. The number of nitrogens with zero attached hydrogens (tertiary/aromatic N) is 1. The van der Waals surface area contributed by atoms with Crippen molar-refractivity contribution in [3.63, 3.8) is 0 Å². The van der Waals surface area contributed by atoms with Crippen LogP contribution in [-0.2, 0) is 20.7 Å². The summed E-state index contributed by atoms with van der Waals surface area (Å²) in [5.74, 6) is -0.817. The molecule has 2 aromatic carbocycles. The van der Waals surface area contributed by atoms with Crippen molar-refractivity contribution in [2.24, 2.45) is 0 Å². The number of carbonyl (C=O) groups is 3. The average Bonchev–Trinajstić information content (AvgIpc) is 3.64. The topological polar surface area (TPSA) is 113 Å². The Bertz CT molecular complexity index is 1340. The van der Waals surface area contributed by atoms with Gasteiger partial charge in [0.05, 0.1) is 13.2 Å². The molecule has 0 radical (unpaired) electrons. The van der Waals surface area contributed by atoms with Gasteiger partial charge in [0.1, 0.15) is 17.2 Å². The molecule has 3 aromatic rings. The van der Waals surface area contributed by atoms with Gasteiger partial charge in [-0.25, -0.2) is 0 Å². The summed E-state index contributed by atoms with van der Waals surface area (Å²) in [5.41, 5.74) is 1.54. The highest BCUT2D eigenvalue weighted by Gasteiger charge is 2.44. The first-order valence-electron chi connectivity index (χ1n) is 14.7. The molecule has 3 amide bonds. The molecular formula is C32H40N4O5. The van der Waals surface area contributed by atoms with Crippen LogP contribution in [0.5, 0.6) is 0 Å². The van der Waals surface area contributed by atoms with Crippen molar-refractivity contribution in [3.8, 4) is 0 Å². The Morgan fingerprint density at radius 2 is 1.76 bits per heavy atom. The van der Waals surface area contributed by atoms with Gasteiger partial charge in [-0.2, -0.15) is 0 Å². The van der Waals surface area contributed by atoms with Crippen molar-refractivity contribution in [2.75, 3.05) is 39.4 Å². The largest absolute Gasteiger partial charge is 0.451 e. The molecule has 1 saturated carbocycles. The molecule has 3 N–H and O–H groups in total. The number of aryl methyl sites for hydroxylation is 1. The van der Waals surface area contributed by atoms with E-state index >= 15 is 0 Å². The second kappa shape index (κ2) is 13.3. The minimum atomic E-state index is -1.10. The third-order valence-electron chi connectivity index (χ3n) is 8.10. The third kappa shape index (κ3) is 7.34. The number of morpholine rings is 1. The minimum absolute atomic E-state index is 0.170. The van der Waals surface area contributed by atoms with E-state index in [1.165, 1.54) is 0 Å². The van der Waals surface area contributed by atoms with Gasteiger partial charge in [-0.05, 0) is 56.5 Å². The maximum absolute atomic E-state index is 13.8. The van der Waals surface area contributed by atoms with Gasteiger partial charge < -0.3 is 25.1 Å². The first-order valence-corrected chi connectivity index (χ1v) is 14.7. The Balaban J connectivity index is 1.25.